The second kappa shape index (κ2) is 5.45. The van der Waals surface area contributed by atoms with E-state index in [1.807, 2.05) is 0 Å². The molecule has 0 aliphatic heterocycles. The van der Waals surface area contributed by atoms with E-state index in [0.717, 1.165) is 5.56 Å². The molecule has 0 bridgehead atoms. The van der Waals surface area contributed by atoms with E-state index < -0.39 is 11.7 Å². The number of rotatable bonds is 3. The molecule has 2 aromatic rings. The molecular weight excluding hydrogens is 247 g/mol. The van der Waals surface area contributed by atoms with Crippen molar-refractivity contribution in [1.29, 1.82) is 0 Å². The number of anilines is 2. The van der Waals surface area contributed by atoms with E-state index in [-0.39, 0.29) is 11.4 Å². The SMILES string of the molecule is Cc1ccc(F)cc1NC(=O)c1cccnc1NN. The first kappa shape index (κ1) is 13.0. The molecule has 1 aromatic carbocycles. The van der Waals surface area contributed by atoms with Gasteiger partial charge in [0.2, 0.25) is 0 Å². The summed E-state index contributed by atoms with van der Waals surface area (Å²) in [4.78, 5) is 16.0. The lowest BCUT2D eigenvalue weighted by Crippen LogP contribution is -2.18. The molecule has 0 unspecified atom stereocenters. The minimum atomic E-state index is -0.413. The van der Waals surface area contributed by atoms with Gasteiger partial charge in [0.1, 0.15) is 5.82 Å². The van der Waals surface area contributed by atoms with Gasteiger partial charge in [0.25, 0.3) is 5.91 Å². The number of hydrogen-bond acceptors (Lipinski definition) is 4. The van der Waals surface area contributed by atoms with Crippen molar-refractivity contribution in [3.63, 3.8) is 0 Å². The molecule has 6 heteroatoms. The second-order valence-electron chi connectivity index (χ2n) is 3.96. The maximum Gasteiger partial charge on any atom is 0.259 e. The third kappa shape index (κ3) is 2.86. The molecule has 1 aromatic heterocycles. The van der Waals surface area contributed by atoms with Gasteiger partial charge in [-0.2, -0.15) is 0 Å². The zero-order chi connectivity index (χ0) is 13.8. The van der Waals surface area contributed by atoms with Crippen molar-refractivity contribution >= 4 is 17.4 Å². The van der Waals surface area contributed by atoms with Crippen molar-refractivity contribution in [1.82, 2.24) is 4.98 Å². The Morgan fingerprint density at radius 3 is 2.89 bits per heavy atom. The van der Waals surface area contributed by atoms with Crippen molar-refractivity contribution in [2.45, 2.75) is 6.92 Å². The van der Waals surface area contributed by atoms with E-state index in [2.05, 4.69) is 15.7 Å². The molecule has 0 saturated carbocycles. The lowest BCUT2D eigenvalue weighted by atomic mass is 10.1. The average Bonchev–Trinajstić information content (AvgIpc) is 2.42. The maximum absolute atomic E-state index is 13.1. The van der Waals surface area contributed by atoms with Crippen LogP contribution in [0.4, 0.5) is 15.9 Å². The van der Waals surface area contributed by atoms with Crippen LogP contribution in [0.5, 0.6) is 0 Å². The lowest BCUT2D eigenvalue weighted by molar-refractivity contribution is 0.102. The number of benzene rings is 1. The summed E-state index contributed by atoms with van der Waals surface area (Å²) in [5.41, 5.74) is 3.81. The van der Waals surface area contributed by atoms with Gasteiger partial charge in [-0.05, 0) is 36.8 Å². The summed E-state index contributed by atoms with van der Waals surface area (Å²) in [6.07, 6.45) is 1.51. The van der Waals surface area contributed by atoms with Crippen LogP contribution in [0.3, 0.4) is 0 Å². The molecule has 5 nitrogen and oxygen atoms in total. The number of carbonyl (C=O) groups is 1. The maximum atomic E-state index is 13.1. The first-order chi connectivity index (χ1) is 9.11. The molecule has 0 atom stereocenters. The Labute approximate surface area is 109 Å². The van der Waals surface area contributed by atoms with E-state index in [1.54, 1.807) is 25.1 Å². The van der Waals surface area contributed by atoms with Crippen LogP contribution < -0.4 is 16.6 Å². The fourth-order valence-corrected chi connectivity index (χ4v) is 1.62. The van der Waals surface area contributed by atoms with Crippen LogP contribution in [-0.2, 0) is 0 Å². The number of nitrogen functional groups attached to an aromatic ring is 1. The third-order valence-electron chi connectivity index (χ3n) is 2.64. The molecule has 19 heavy (non-hydrogen) atoms. The molecule has 98 valence electrons. The molecule has 0 aliphatic rings. The molecule has 2 rings (SSSR count). The molecule has 1 amide bonds. The number of nitrogens with zero attached hydrogens (tertiary/aromatic N) is 1. The Morgan fingerprint density at radius 2 is 2.16 bits per heavy atom. The fraction of sp³-hybridized carbons (Fsp3) is 0.0769. The number of pyridine rings is 1. The molecule has 0 saturated heterocycles. The van der Waals surface area contributed by atoms with Gasteiger partial charge >= 0.3 is 0 Å². The summed E-state index contributed by atoms with van der Waals surface area (Å²) in [6, 6.07) is 7.39. The number of amides is 1. The summed E-state index contributed by atoms with van der Waals surface area (Å²) in [5, 5.41) is 2.63. The lowest BCUT2D eigenvalue weighted by Gasteiger charge is -2.10. The number of halogens is 1. The van der Waals surface area contributed by atoms with Crippen molar-refractivity contribution in [3.8, 4) is 0 Å². The summed E-state index contributed by atoms with van der Waals surface area (Å²) in [5.74, 6) is 4.72. The first-order valence-corrected chi connectivity index (χ1v) is 5.61. The van der Waals surface area contributed by atoms with Gasteiger partial charge < -0.3 is 10.7 Å². The van der Waals surface area contributed by atoms with Crippen LogP contribution >= 0.6 is 0 Å². The van der Waals surface area contributed by atoms with Gasteiger partial charge in [-0.1, -0.05) is 6.07 Å². The smallest absolute Gasteiger partial charge is 0.259 e. The normalized spacial score (nSPS) is 10.1. The second-order valence-corrected chi connectivity index (χ2v) is 3.96. The predicted molar refractivity (Wildman–Crippen MR) is 71.1 cm³/mol. The first-order valence-electron chi connectivity index (χ1n) is 5.61. The summed E-state index contributed by atoms with van der Waals surface area (Å²) in [6.45, 7) is 1.78. The monoisotopic (exact) mass is 260 g/mol. The zero-order valence-corrected chi connectivity index (χ0v) is 10.3. The Morgan fingerprint density at radius 1 is 1.37 bits per heavy atom. The quantitative estimate of drug-likeness (QED) is 0.583. The van der Waals surface area contributed by atoms with Crippen molar-refractivity contribution in [3.05, 3.63) is 53.5 Å². The number of carbonyl (C=O) groups excluding carboxylic acids is 1. The Bertz CT molecular complexity index is 615. The van der Waals surface area contributed by atoms with Crippen molar-refractivity contribution in [2.75, 3.05) is 10.7 Å². The van der Waals surface area contributed by atoms with Gasteiger partial charge in [-0.25, -0.2) is 15.2 Å². The standard InChI is InChI=1S/C13H13FN4O/c1-8-4-5-9(14)7-11(8)17-13(19)10-3-2-6-16-12(10)18-15/h2-7H,15H2,1H3,(H,16,18)(H,17,19). The number of aromatic nitrogens is 1. The van der Waals surface area contributed by atoms with Crippen LogP contribution in [0.2, 0.25) is 0 Å². The van der Waals surface area contributed by atoms with Crippen LogP contribution in [0.25, 0.3) is 0 Å². The highest BCUT2D eigenvalue weighted by molar-refractivity contribution is 6.07. The summed E-state index contributed by atoms with van der Waals surface area (Å²) < 4.78 is 13.1. The minimum absolute atomic E-state index is 0.258. The van der Waals surface area contributed by atoms with E-state index >= 15 is 0 Å². The highest BCUT2D eigenvalue weighted by atomic mass is 19.1. The van der Waals surface area contributed by atoms with E-state index in [1.165, 1.54) is 18.3 Å². The minimum Gasteiger partial charge on any atom is -0.322 e. The highest BCUT2D eigenvalue weighted by Crippen LogP contribution is 2.18. The van der Waals surface area contributed by atoms with Crippen LogP contribution in [-0.4, -0.2) is 10.9 Å². The molecule has 0 fully saturated rings. The third-order valence-corrected chi connectivity index (χ3v) is 2.64. The van der Waals surface area contributed by atoms with E-state index in [9.17, 15) is 9.18 Å². The Kier molecular flexibility index (Phi) is 3.72. The van der Waals surface area contributed by atoms with E-state index in [4.69, 9.17) is 5.84 Å². The predicted octanol–water partition coefficient (Wildman–Crippen LogP) is 2.07. The topological polar surface area (TPSA) is 80.0 Å². The summed E-state index contributed by atoms with van der Waals surface area (Å²) in [7, 11) is 0. The number of hydrazine groups is 1. The Balaban J connectivity index is 2.28. The number of aryl methyl sites for hydroxylation is 1. The van der Waals surface area contributed by atoms with E-state index in [0.29, 0.717) is 5.69 Å². The van der Waals surface area contributed by atoms with Crippen molar-refractivity contribution < 1.29 is 9.18 Å². The molecule has 0 spiro atoms. The van der Waals surface area contributed by atoms with Crippen molar-refractivity contribution in [2.24, 2.45) is 5.84 Å². The number of nitrogens with one attached hydrogen (secondary N) is 2. The largest absolute Gasteiger partial charge is 0.322 e. The van der Waals surface area contributed by atoms with Gasteiger partial charge in [0, 0.05) is 11.9 Å². The number of nitrogens with two attached hydrogens (primary N) is 1. The summed E-state index contributed by atoms with van der Waals surface area (Å²) >= 11 is 0. The average molecular weight is 260 g/mol. The van der Waals surface area contributed by atoms with Crippen LogP contribution in [0.1, 0.15) is 15.9 Å². The Hall–Kier alpha value is -2.47. The van der Waals surface area contributed by atoms with Gasteiger partial charge in [-0.15, -0.1) is 0 Å². The van der Waals surface area contributed by atoms with Gasteiger partial charge in [0.15, 0.2) is 5.82 Å². The highest BCUT2D eigenvalue weighted by Gasteiger charge is 2.13. The fourth-order valence-electron chi connectivity index (χ4n) is 1.62. The van der Waals surface area contributed by atoms with Crippen LogP contribution in [0.15, 0.2) is 36.5 Å². The van der Waals surface area contributed by atoms with Gasteiger partial charge in [0.05, 0.1) is 5.56 Å². The zero-order valence-electron chi connectivity index (χ0n) is 10.3. The number of hydrogen-bond donors (Lipinski definition) is 3. The molecule has 0 radical (unpaired) electrons. The molecular formula is C13H13FN4O. The molecule has 0 aliphatic carbocycles. The molecule has 1 heterocycles. The molecule has 4 N–H and O–H groups in total. The van der Waals surface area contributed by atoms with Gasteiger partial charge in [-0.3, -0.25) is 4.79 Å². The van der Waals surface area contributed by atoms with Crippen LogP contribution in [0, 0.1) is 12.7 Å².